The molecule has 128 valence electrons. The van der Waals surface area contributed by atoms with Crippen LogP contribution in [-0.2, 0) is 10.0 Å². The topological polar surface area (TPSA) is 89.3 Å². The number of nitro groups is 1. The maximum Gasteiger partial charge on any atom is 0.289 e. The molecule has 0 bridgehead atoms. The van der Waals surface area contributed by atoms with E-state index in [0.717, 1.165) is 24.3 Å². The molecule has 2 aromatic rings. The quantitative estimate of drug-likeness (QED) is 0.589. The van der Waals surface area contributed by atoms with Gasteiger partial charge in [-0.3, -0.25) is 10.1 Å². The molecule has 0 aliphatic heterocycles. The van der Waals surface area contributed by atoms with E-state index in [9.17, 15) is 27.3 Å². The second kappa shape index (κ2) is 6.91. The van der Waals surface area contributed by atoms with Crippen LogP contribution >= 0.6 is 15.9 Å². The lowest BCUT2D eigenvalue weighted by Gasteiger charge is -2.15. The summed E-state index contributed by atoms with van der Waals surface area (Å²) in [4.78, 5) is 9.64. The molecule has 10 heteroatoms. The fourth-order valence-electron chi connectivity index (χ4n) is 2.07. The number of nitrogens with one attached hydrogen (secondary N) is 1. The highest BCUT2D eigenvalue weighted by atomic mass is 79.9. The third-order valence-electron chi connectivity index (χ3n) is 3.17. The van der Waals surface area contributed by atoms with E-state index >= 15 is 0 Å². The van der Waals surface area contributed by atoms with Crippen molar-refractivity contribution in [1.82, 2.24) is 4.72 Å². The van der Waals surface area contributed by atoms with Gasteiger partial charge >= 0.3 is 0 Å². The number of nitro benzene ring substituents is 1. The lowest BCUT2D eigenvalue weighted by Crippen LogP contribution is -2.28. The van der Waals surface area contributed by atoms with Crippen molar-refractivity contribution < 1.29 is 22.1 Å². The van der Waals surface area contributed by atoms with Crippen LogP contribution in [0.1, 0.15) is 18.5 Å². The van der Waals surface area contributed by atoms with E-state index in [1.807, 2.05) is 0 Å². The van der Waals surface area contributed by atoms with Crippen LogP contribution in [-0.4, -0.2) is 13.3 Å². The Hall–Kier alpha value is -1.91. The molecule has 0 saturated heterocycles. The van der Waals surface area contributed by atoms with E-state index in [4.69, 9.17) is 0 Å². The van der Waals surface area contributed by atoms with Crippen molar-refractivity contribution in [3.8, 4) is 0 Å². The molecule has 6 nitrogen and oxygen atoms in total. The van der Waals surface area contributed by atoms with Crippen LogP contribution in [0.25, 0.3) is 0 Å². The summed E-state index contributed by atoms with van der Waals surface area (Å²) in [5, 5.41) is 11.0. The first-order chi connectivity index (χ1) is 11.1. The van der Waals surface area contributed by atoms with Crippen molar-refractivity contribution in [2.24, 2.45) is 0 Å². The van der Waals surface area contributed by atoms with Crippen molar-refractivity contribution in [3.63, 3.8) is 0 Å². The molecular weight excluding hydrogens is 410 g/mol. The van der Waals surface area contributed by atoms with Crippen molar-refractivity contribution in [2.75, 3.05) is 0 Å². The molecule has 0 aromatic heterocycles. The zero-order valence-corrected chi connectivity index (χ0v) is 14.6. The van der Waals surface area contributed by atoms with Crippen molar-refractivity contribution in [3.05, 3.63) is 68.2 Å². The molecule has 0 aliphatic carbocycles. The third-order valence-corrected chi connectivity index (χ3v) is 5.23. The second-order valence-corrected chi connectivity index (χ2v) is 7.48. The molecule has 24 heavy (non-hydrogen) atoms. The Labute approximate surface area is 144 Å². The molecular formula is C14H11BrF2N2O4S. The van der Waals surface area contributed by atoms with Crippen LogP contribution < -0.4 is 4.72 Å². The van der Waals surface area contributed by atoms with Crippen molar-refractivity contribution in [2.45, 2.75) is 17.9 Å². The summed E-state index contributed by atoms with van der Waals surface area (Å²) in [5.74, 6) is -1.72. The lowest BCUT2D eigenvalue weighted by molar-refractivity contribution is -0.387. The standard InChI is InChI=1S/C14H11BrF2N2O4S/c1-8(11-4-3-10(16)7-12(11)17)18-24(22,23)14-6-9(15)2-5-13(14)19(20)21/h2-8,18H,1H3. The number of halogens is 3. The fraction of sp³-hybridized carbons (Fsp3) is 0.143. The largest absolute Gasteiger partial charge is 0.289 e. The van der Waals surface area contributed by atoms with Crippen LogP contribution in [0.15, 0.2) is 45.8 Å². The normalized spacial score (nSPS) is 12.8. The summed E-state index contributed by atoms with van der Waals surface area (Å²) in [5.41, 5.74) is -0.699. The maximum atomic E-state index is 13.8. The predicted octanol–water partition coefficient (Wildman–Crippen LogP) is 3.68. The molecule has 2 rings (SSSR count). The van der Waals surface area contributed by atoms with Crippen LogP contribution in [0.4, 0.5) is 14.5 Å². The molecule has 1 unspecified atom stereocenters. The van der Waals surface area contributed by atoms with Crippen LogP contribution in [0.5, 0.6) is 0 Å². The Morgan fingerprint density at radius 2 is 1.88 bits per heavy atom. The number of nitrogens with zero attached hydrogens (tertiary/aromatic N) is 1. The molecule has 0 heterocycles. The number of sulfonamides is 1. The minimum absolute atomic E-state index is 0.0855. The van der Waals surface area contributed by atoms with Gasteiger partial charge < -0.3 is 0 Å². The van der Waals surface area contributed by atoms with Gasteiger partial charge in [-0.05, 0) is 25.1 Å². The first-order valence-electron chi connectivity index (χ1n) is 6.53. The fourth-order valence-corrected chi connectivity index (χ4v) is 4.00. The minimum atomic E-state index is -4.31. The van der Waals surface area contributed by atoms with Gasteiger partial charge in [-0.25, -0.2) is 21.9 Å². The SMILES string of the molecule is CC(NS(=O)(=O)c1cc(Br)ccc1[N+](=O)[O-])c1ccc(F)cc1F. The Balaban J connectivity index is 2.41. The van der Waals surface area contributed by atoms with E-state index in [1.54, 1.807) is 0 Å². The van der Waals surface area contributed by atoms with Gasteiger partial charge in [0.1, 0.15) is 11.6 Å². The number of hydrogen-bond donors (Lipinski definition) is 1. The van der Waals surface area contributed by atoms with Crippen LogP contribution in [0.2, 0.25) is 0 Å². The zero-order chi connectivity index (χ0) is 18.1. The molecule has 0 fully saturated rings. The molecule has 0 saturated carbocycles. The Morgan fingerprint density at radius 3 is 2.46 bits per heavy atom. The van der Waals surface area contributed by atoms with Crippen LogP contribution in [0, 0.1) is 21.7 Å². The molecule has 0 spiro atoms. The summed E-state index contributed by atoms with van der Waals surface area (Å²) < 4.78 is 54.1. The highest BCUT2D eigenvalue weighted by Gasteiger charge is 2.28. The Morgan fingerprint density at radius 1 is 1.21 bits per heavy atom. The first kappa shape index (κ1) is 18.4. The monoisotopic (exact) mass is 420 g/mol. The summed E-state index contributed by atoms with van der Waals surface area (Å²) >= 11 is 3.05. The predicted molar refractivity (Wildman–Crippen MR) is 85.9 cm³/mol. The van der Waals surface area contributed by atoms with Crippen LogP contribution in [0.3, 0.4) is 0 Å². The van der Waals surface area contributed by atoms with Gasteiger partial charge in [-0.15, -0.1) is 0 Å². The smallest absolute Gasteiger partial charge is 0.258 e. The minimum Gasteiger partial charge on any atom is -0.258 e. The molecule has 2 aromatic carbocycles. The number of rotatable bonds is 5. The summed E-state index contributed by atoms with van der Waals surface area (Å²) in [6, 6.07) is 5.12. The van der Waals surface area contributed by atoms with Gasteiger partial charge in [-0.2, -0.15) is 0 Å². The van der Waals surface area contributed by atoms with Gasteiger partial charge in [0.15, 0.2) is 4.90 Å². The highest BCUT2D eigenvalue weighted by molar-refractivity contribution is 9.10. The Bertz CT molecular complexity index is 906. The average Bonchev–Trinajstić information content (AvgIpc) is 2.46. The summed E-state index contributed by atoms with van der Waals surface area (Å²) in [7, 11) is -4.31. The zero-order valence-electron chi connectivity index (χ0n) is 12.2. The first-order valence-corrected chi connectivity index (χ1v) is 8.80. The van der Waals surface area contributed by atoms with Gasteiger partial charge in [0.05, 0.1) is 4.92 Å². The van der Waals surface area contributed by atoms with E-state index < -0.39 is 43.2 Å². The van der Waals surface area contributed by atoms with Crippen molar-refractivity contribution in [1.29, 1.82) is 0 Å². The third kappa shape index (κ3) is 3.94. The molecule has 1 atom stereocenters. The maximum absolute atomic E-state index is 13.8. The van der Waals surface area contributed by atoms with Crippen molar-refractivity contribution >= 4 is 31.6 Å². The highest BCUT2D eigenvalue weighted by Crippen LogP contribution is 2.29. The number of benzene rings is 2. The summed E-state index contributed by atoms with van der Waals surface area (Å²) in [6.07, 6.45) is 0. The van der Waals surface area contributed by atoms with Gasteiger partial charge in [0.25, 0.3) is 5.69 Å². The van der Waals surface area contributed by atoms with Gasteiger partial charge in [0, 0.05) is 28.2 Å². The van der Waals surface area contributed by atoms with E-state index in [2.05, 4.69) is 20.7 Å². The average molecular weight is 421 g/mol. The lowest BCUT2D eigenvalue weighted by atomic mass is 10.1. The Kier molecular flexibility index (Phi) is 5.31. The van der Waals surface area contributed by atoms with E-state index in [0.29, 0.717) is 10.5 Å². The molecule has 1 N–H and O–H groups in total. The molecule has 0 aliphatic rings. The summed E-state index contributed by atoms with van der Waals surface area (Å²) in [6.45, 7) is 1.34. The van der Waals surface area contributed by atoms with Gasteiger partial charge in [0.2, 0.25) is 10.0 Å². The van der Waals surface area contributed by atoms with E-state index in [-0.39, 0.29) is 5.56 Å². The second-order valence-electron chi connectivity index (χ2n) is 4.88. The number of hydrogen-bond acceptors (Lipinski definition) is 4. The van der Waals surface area contributed by atoms with Gasteiger partial charge in [-0.1, -0.05) is 22.0 Å². The van der Waals surface area contributed by atoms with E-state index in [1.165, 1.54) is 13.0 Å². The molecule has 0 radical (unpaired) electrons. The molecule has 0 amide bonds.